The zero-order chi connectivity index (χ0) is 11.0. The molecule has 0 bridgehead atoms. The van der Waals surface area contributed by atoms with Gasteiger partial charge in [-0.05, 0) is 6.42 Å². The van der Waals surface area contributed by atoms with Crippen LogP contribution in [0.5, 0.6) is 0 Å². The Kier molecular flexibility index (Phi) is 7.36. The molecule has 0 rings (SSSR count). The molecule has 0 aliphatic carbocycles. The van der Waals surface area contributed by atoms with Crippen LogP contribution >= 0.6 is 0 Å². The fourth-order valence-electron chi connectivity index (χ4n) is 1.01. The van der Waals surface area contributed by atoms with E-state index in [1.807, 2.05) is 6.92 Å². The Labute approximate surface area is 87.0 Å². The van der Waals surface area contributed by atoms with E-state index in [0.717, 1.165) is 6.42 Å². The van der Waals surface area contributed by atoms with Crippen LogP contribution in [0.15, 0.2) is 12.7 Å². The molecule has 4 nitrogen and oxygen atoms in total. The first-order valence-corrected chi connectivity index (χ1v) is 6.19. The van der Waals surface area contributed by atoms with Gasteiger partial charge in [-0.25, -0.2) is 4.79 Å². The first-order valence-electron chi connectivity index (χ1n) is 4.56. The zero-order valence-corrected chi connectivity index (χ0v) is 10.4. The van der Waals surface area contributed by atoms with Gasteiger partial charge in [-0.2, -0.15) is 0 Å². The minimum absolute atomic E-state index is 0.0506. The molecular weight excluding hydrogens is 200 g/mol. The number of esters is 1. The van der Waals surface area contributed by atoms with Crippen molar-refractivity contribution in [2.75, 3.05) is 14.2 Å². The lowest BCUT2D eigenvalue weighted by molar-refractivity contribution is -0.140. The number of rotatable bonds is 7. The van der Waals surface area contributed by atoms with Crippen molar-refractivity contribution >= 4 is 15.5 Å². The summed E-state index contributed by atoms with van der Waals surface area (Å²) in [4.78, 5) is 10.9. The highest BCUT2D eigenvalue weighted by molar-refractivity contribution is 6.38. The monoisotopic (exact) mass is 218 g/mol. The maximum absolute atomic E-state index is 10.9. The number of carbonyl (C=O) groups excluding carboxylic acids is 1. The van der Waals surface area contributed by atoms with Crippen LogP contribution in [-0.2, 0) is 19.0 Å². The second-order valence-electron chi connectivity index (χ2n) is 2.81. The maximum atomic E-state index is 10.9. The van der Waals surface area contributed by atoms with Crippen molar-refractivity contribution in [3.05, 3.63) is 12.7 Å². The third-order valence-corrected chi connectivity index (χ3v) is 4.21. The van der Waals surface area contributed by atoms with E-state index in [1.165, 1.54) is 6.08 Å². The minimum atomic E-state index is -0.748. The van der Waals surface area contributed by atoms with Crippen LogP contribution in [0.4, 0.5) is 0 Å². The molecule has 0 aromatic carbocycles. The predicted octanol–water partition coefficient (Wildman–Crippen LogP) is 0.197. The standard InChI is InChI=1S/C9H18O4Si/c1-5-7(10)13-8(6-2)14-9(11-3)12-4/h5,8-9H,1,6,14H2,2-4H3. The molecule has 0 radical (unpaired) electrons. The van der Waals surface area contributed by atoms with E-state index >= 15 is 0 Å². The van der Waals surface area contributed by atoms with Crippen LogP contribution in [-0.4, -0.2) is 41.3 Å². The molecule has 0 N–H and O–H groups in total. The summed E-state index contributed by atoms with van der Waals surface area (Å²) in [5.74, 6) is -0.576. The highest BCUT2D eigenvalue weighted by Crippen LogP contribution is 2.02. The second-order valence-corrected chi connectivity index (χ2v) is 4.86. The molecule has 0 heterocycles. The molecule has 82 valence electrons. The molecule has 5 heteroatoms. The van der Waals surface area contributed by atoms with Crippen LogP contribution in [0.3, 0.4) is 0 Å². The molecular formula is C9H18O4Si. The van der Waals surface area contributed by atoms with E-state index in [0.29, 0.717) is 0 Å². The van der Waals surface area contributed by atoms with Gasteiger partial charge in [0.05, 0.1) is 5.73 Å². The van der Waals surface area contributed by atoms with Crippen LogP contribution in [0, 0.1) is 0 Å². The van der Waals surface area contributed by atoms with Crippen molar-refractivity contribution in [1.29, 1.82) is 0 Å². The van der Waals surface area contributed by atoms with Crippen LogP contribution in [0.2, 0.25) is 0 Å². The summed E-state index contributed by atoms with van der Waals surface area (Å²) in [5, 5.41) is 0. The lowest BCUT2D eigenvalue weighted by atomic mass is 10.5. The van der Waals surface area contributed by atoms with Gasteiger partial charge in [0, 0.05) is 20.3 Å². The van der Waals surface area contributed by atoms with Gasteiger partial charge in [0.1, 0.15) is 15.4 Å². The number of carbonyl (C=O) groups is 1. The smallest absolute Gasteiger partial charge is 0.330 e. The molecule has 0 aromatic rings. The van der Waals surface area contributed by atoms with Crippen molar-refractivity contribution in [2.45, 2.75) is 25.0 Å². The lowest BCUT2D eigenvalue weighted by Gasteiger charge is -2.19. The van der Waals surface area contributed by atoms with Crippen LogP contribution in [0.25, 0.3) is 0 Å². The van der Waals surface area contributed by atoms with E-state index < -0.39 is 9.52 Å². The van der Waals surface area contributed by atoms with E-state index in [2.05, 4.69) is 6.58 Å². The minimum Gasteiger partial charge on any atom is -0.464 e. The average molecular weight is 218 g/mol. The summed E-state index contributed by atoms with van der Waals surface area (Å²) in [6, 6.07) is 0. The number of hydrogen-bond donors (Lipinski definition) is 0. The molecule has 0 spiro atoms. The summed E-state index contributed by atoms with van der Waals surface area (Å²) in [6.45, 7) is 5.31. The fourth-order valence-corrected chi connectivity index (χ4v) is 2.42. The van der Waals surface area contributed by atoms with E-state index in [4.69, 9.17) is 14.2 Å². The Morgan fingerprint density at radius 2 is 2.07 bits per heavy atom. The molecule has 0 aromatic heterocycles. The van der Waals surface area contributed by atoms with Crippen LogP contribution < -0.4 is 0 Å². The summed E-state index contributed by atoms with van der Waals surface area (Å²) in [7, 11) is 2.42. The fraction of sp³-hybridized carbons (Fsp3) is 0.667. The van der Waals surface area contributed by atoms with Crippen molar-refractivity contribution < 1.29 is 19.0 Å². The Bertz CT molecular complexity index is 180. The molecule has 0 saturated carbocycles. The van der Waals surface area contributed by atoms with Crippen molar-refractivity contribution in [1.82, 2.24) is 0 Å². The largest absolute Gasteiger partial charge is 0.464 e. The Morgan fingerprint density at radius 1 is 1.50 bits per heavy atom. The summed E-state index contributed by atoms with van der Waals surface area (Å²) >= 11 is 0. The third-order valence-electron chi connectivity index (χ3n) is 1.89. The summed E-state index contributed by atoms with van der Waals surface area (Å²) in [6.07, 6.45) is 1.96. The van der Waals surface area contributed by atoms with Crippen LogP contribution in [0.1, 0.15) is 13.3 Å². The zero-order valence-electron chi connectivity index (χ0n) is 8.99. The molecule has 1 atom stereocenters. The first kappa shape index (κ1) is 13.3. The predicted molar refractivity (Wildman–Crippen MR) is 56.7 cm³/mol. The lowest BCUT2D eigenvalue weighted by Crippen LogP contribution is -2.34. The third kappa shape index (κ3) is 5.16. The van der Waals surface area contributed by atoms with Gasteiger partial charge < -0.3 is 14.2 Å². The van der Waals surface area contributed by atoms with Crippen molar-refractivity contribution in [3.8, 4) is 0 Å². The van der Waals surface area contributed by atoms with Crippen molar-refractivity contribution in [3.63, 3.8) is 0 Å². The topological polar surface area (TPSA) is 44.8 Å². The SMILES string of the molecule is C=CC(=O)OC(CC)[SiH2]C(OC)OC. The normalized spacial score (nSPS) is 13.4. The number of ether oxygens (including phenoxy) is 3. The van der Waals surface area contributed by atoms with Gasteiger partial charge >= 0.3 is 5.97 Å². The Morgan fingerprint density at radius 3 is 2.43 bits per heavy atom. The Balaban J connectivity index is 4.00. The maximum Gasteiger partial charge on any atom is 0.330 e. The summed E-state index contributed by atoms with van der Waals surface area (Å²) < 4.78 is 15.3. The average Bonchev–Trinajstić information content (AvgIpc) is 2.23. The molecule has 0 aliphatic rings. The van der Waals surface area contributed by atoms with Crippen molar-refractivity contribution in [2.24, 2.45) is 0 Å². The first-order chi connectivity index (χ1) is 6.67. The number of hydrogen-bond acceptors (Lipinski definition) is 4. The van der Waals surface area contributed by atoms with Gasteiger partial charge in [-0.3, -0.25) is 0 Å². The highest BCUT2D eigenvalue weighted by atomic mass is 28.2. The van der Waals surface area contributed by atoms with E-state index in [1.54, 1.807) is 14.2 Å². The molecule has 0 aliphatic heterocycles. The molecule has 0 fully saturated rings. The van der Waals surface area contributed by atoms with Gasteiger partial charge in [-0.1, -0.05) is 13.5 Å². The van der Waals surface area contributed by atoms with Gasteiger partial charge in [-0.15, -0.1) is 0 Å². The van der Waals surface area contributed by atoms with E-state index in [-0.39, 0.29) is 17.6 Å². The Hall–Kier alpha value is -0.653. The van der Waals surface area contributed by atoms with Gasteiger partial charge in [0.2, 0.25) is 0 Å². The quantitative estimate of drug-likeness (QED) is 0.265. The molecule has 1 unspecified atom stereocenters. The summed E-state index contributed by atoms with van der Waals surface area (Å²) in [5.41, 5.74) is -0.0506. The van der Waals surface area contributed by atoms with Gasteiger partial charge in [0.25, 0.3) is 0 Å². The second kappa shape index (κ2) is 7.72. The van der Waals surface area contributed by atoms with E-state index in [9.17, 15) is 4.79 Å². The molecule has 0 amide bonds. The molecule has 14 heavy (non-hydrogen) atoms. The number of methoxy groups -OCH3 is 2. The molecule has 0 saturated heterocycles. The highest BCUT2D eigenvalue weighted by Gasteiger charge is 2.17. The van der Waals surface area contributed by atoms with Gasteiger partial charge in [0.15, 0.2) is 0 Å².